The van der Waals surface area contributed by atoms with Crippen LogP contribution in [0.15, 0.2) is 18.2 Å². The molecule has 1 aromatic carbocycles. The molecule has 1 aromatic rings. The van der Waals surface area contributed by atoms with Crippen molar-refractivity contribution in [1.29, 1.82) is 0 Å². The van der Waals surface area contributed by atoms with Crippen molar-refractivity contribution in [2.24, 2.45) is 23.2 Å². The van der Waals surface area contributed by atoms with Crippen molar-refractivity contribution in [1.82, 2.24) is 0 Å². The molecule has 2 spiro atoms. The molecule has 174 valence electrons. The molecule has 1 saturated heterocycles. The van der Waals surface area contributed by atoms with E-state index in [-0.39, 0.29) is 29.1 Å². The highest BCUT2D eigenvalue weighted by Gasteiger charge is 2.73. The third-order valence-corrected chi connectivity index (χ3v) is 10.6. The monoisotopic (exact) mass is 442 g/mol. The maximum atomic E-state index is 12.3. The summed E-state index contributed by atoms with van der Waals surface area (Å²) in [5.41, 5.74) is -0.734. The minimum absolute atomic E-state index is 0.109. The quantitative estimate of drug-likeness (QED) is 0.570. The zero-order chi connectivity index (χ0) is 21.9. The lowest BCUT2D eigenvalue weighted by atomic mass is 9.43. The van der Waals surface area contributed by atoms with Crippen LogP contribution in [0.2, 0.25) is 0 Å². The summed E-state index contributed by atoms with van der Waals surface area (Å²) in [4.78, 5) is 0. The Hall–Kier alpha value is -1.34. The van der Waals surface area contributed by atoms with E-state index in [1.807, 2.05) is 6.07 Å². The summed E-state index contributed by atoms with van der Waals surface area (Å²) >= 11 is 0. The lowest BCUT2D eigenvalue weighted by Gasteiger charge is -2.68. The van der Waals surface area contributed by atoms with Crippen LogP contribution in [0.4, 0.5) is 0 Å². The van der Waals surface area contributed by atoms with Gasteiger partial charge in [-0.2, -0.15) is 0 Å². The van der Waals surface area contributed by atoms with E-state index in [1.54, 1.807) is 12.1 Å². The Labute approximate surface area is 188 Å². The summed E-state index contributed by atoms with van der Waals surface area (Å²) in [5.74, 6) is 1.45. The van der Waals surface area contributed by atoms with Gasteiger partial charge in [0.05, 0.1) is 19.3 Å². The fourth-order valence-corrected chi connectivity index (χ4v) is 9.29. The molecule has 6 nitrogen and oxygen atoms in total. The van der Waals surface area contributed by atoms with E-state index < -0.39 is 17.0 Å². The van der Waals surface area contributed by atoms with Crippen LogP contribution in [0.5, 0.6) is 11.5 Å². The van der Waals surface area contributed by atoms with E-state index in [4.69, 9.17) is 14.2 Å². The average molecular weight is 443 g/mol. The highest BCUT2D eigenvalue weighted by Crippen LogP contribution is 2.71. The van der Waals surface area contributed by atoms with Gasteiger partial charge in [0.2, 0.25) is 0 Å². The number of aromatic hydroxyl groups is 1. The Morgan fingerprint density at radius 2 is 1.84 bits per heavy atom. The van der Waals surface area contributed by atoms with Gasteiger partial charge in [-0.3, -0.25) is 0 Å². The van der Waals surface area contributed by atoms with Crippen molar-refractivity contribution in [3.63, 3.8) is 0 Å². The predicted octanol–water partition coefficient (Wildman–Crippen LogP) is 3.47. The minimum atomic E-state index is -1.04. The van der Waals surface area contributed by atoms with Crippen LogP contribution in [0.1, 0.15) is 69.8 Å². The topological polar surface area (TPSA) is 88.4 Å². The summed E-state index contributed by atoms with van der Waals surface area (Å²) in [6.45, 7) is 3.44. The SMILES string of the molecule is C[C@]12C[C@@H]3c4ccc(O)cc4O[C@]45CCC6(C[C@]4(O)CC[C@H]([C@H]35)[C@@H]1CC[C@@H]2O)OCCO6. The number of ether oxygens (including phenoxy) is 3. The number of phenols is 1. The summed E-state index contributed by atoms with van der Waals surface area (Å²) in [6.07, 6.45) is 5.98. The molecule has 3 N–H and O–H groups in total. The molecule has 32 heavy (non-hydrogen) atoms. The van der Waals surface area contributed by atoms with Crippen LogP contribution in [-0.4, -0.2) is 51.6 Å². The first-order valence-corrected chi connectivity index (χ1v) is 12.5. The second-order valence-corrected chi connectivity index (χ2v) is 11.8. The Kier molecular flexibility index (Phi) is 3.89. The smallest absolute Gasteiger partial charge is 0.171 e. The number of rotatable bonds is 0. The van der Waals surface area contributed by atoms with E-state index >= 15 is 0 Å². The number of phenolic OH excluding ortho intramolecular Hbond substituents is 1. The summed E-state index contributed by atoms with van der Waals surface area (Å²) < 4.78 is 19.0. The van der Waals surface area contributed by atoms with Gasteiger partial charge < -0.3 is 29.5 Å². The van der Waals surface area contributed by atoms with Crippen LogP contribution in [0.25, 0.3) is 0 Å². The van der Waals surface area contributed by atoms with Crippen molar-refractivity contribution < 1.29 is 29.5 Å². The second kappa shape index (κ2) is 6.21. The van der Waals surface area contributed by atoms with Crippen LogP contribution in [0, 0.1) is 23.2 Å². The van der Waals surface area contributed by atoms with Gasteiger partial charge in [0.1, 0.15) is 22.7 Å². The Bertz CT molecular complexity index is 958. The molecule has 6 aliphatic rings. The molecule has 8 atom stereocenters. The van der Waals surface area contributed by atoms with E-state index in [2.05, 4.69) is 6.92 Å². The van der Waals surface area contributed by atoms with Crippen molar-refractivity contribution >= 4 is 0 Å². The maximum absolute atomic E-state index is 12.3. The van der Waals surface area contributed by atoms with Crippen LogP contribution in [-0.2, 0) is 9.47 Å². The first kappa shape index (κ1) is 20.1. The second-order valence-electron chi connectivity index (χ2n) is 11.8. The zero-order valence-corrected chi connectivity index (χ0v) is 18.8. The van der Waals surface area contributed by atoms with Crippen molar-refractivity contribution in [2.45, 2.75) is 87.3 Å². The molecular weight excluding hydrogens is 408 g/mol. The summed E-state index contributed by atoms with van der Waals surface area (Å²) in [6, 6.07) is 5.47. The normalized spacial score (nSPS) is 50.2. The van der Waals surface area contributed by atoms with Gasteiger partial charge in [0.15, 0.2) is 5.79 Å². The van der Waals surface area contributed by atoms with Gasteiger partial charge in [0.25, 0.3) is 0 Å². The van der Waals surface area contributed by atoms with Crippen molar-refractivity contribution in [3.8, 4) is 11.5 Å². The van der Waals surface area contributed by atoms with Gasteiger partial charge in [-0.25, -0.2) is 0 Å². The molecular formula is C26H34O6. The highest BCUT2D eigenvalue weighted by atomic mass is 16.7. The zero-order valence-electron chi connectivity index (χ0n) is 18.8. The first-order valence-electron chi connectivity index (χ1n) is 12.5. The first-order chi connectivity index (χ1) is 15.3. The highest BCUT2D eigenvalue weighted by molar-refractivity contribution is 5.47. The molecule has 6 heteroatoms. The number of aliphatic hydroxyl groups is 2. The number of hydrogen-bond donors (Lipinski definition) is 3. The number of hydrogen-bond acceptors (Lipinski definition) is 6. The van der Waals surface area contributed by atoms with Gasteiger partial charge >= 0.3 is 0 Å². The Morgan fingerprint density at radius 3 is 2.66 bits per heavy atom. The van der Waals surface area contributed by atoms with E-state index in [1.165, 1.54) is 0 Å². The lowest BCUT2D eigenvalue weighted by molar-refractivity contribution is -0.311. The number of fused-ring (bicyclic) bond motifs is 4. The number of benzene rings is 1. The standard InChI is InChI=1S/C26H34O6/c1-23-13-18-16-3-2-15(27)12-20(16)32-26-9-8-25(30-10-11-31-25)14-24(26,29)7-6-17(22(18)26)19(23)4-5-21(23)28/h2-3,12,17-19,21-22,27-29H,4-11,13-14H2,1H3/t17-,18+,19-,21-,22+,23-,24+,26-/m0/s1. The molecule has 4 saturated carbocycles. The number of aliphatic hydroxyl groups excluding tert-OH is 1. The molecule has 0 bridgehead atoms. The summed E-state index contributed by atoms with van der Waals surface area (Å²) in [5, 5.41) is 33.6. The maximum Gasteiger partial charge on any atom is 0.171 e. The molecule has 0 unspecified atom stereocenters. The fourth-order valence-electron chi connectivity index (χ4n) is 9.29. The van der Waals surface area contributed by atoms with E-state index in [9.17, 15) is 15.3 Å². The van der Waals surface area contributed by atoms with Crippen LogP contribution in [0.3, 0.4) is 0 Å². The van der Waals surface area contributed by atoms with Crippen molar-refractivity contribution in [3.05, 3.63) is 23.8 Å². The third kappa shape index (κ3) is 2.30. The molecule has 2 aliphatic heterocycles. The van der Waals surface area contributed by atoms with Gasteiger partial charge in [-0.1, -0.05) is 13.0 Å². The molecule has 7 rings (SSSR count). The average Bonchev–Trinajstić information content (AvgIpc) is 3.32. The molecule has 0 aromatic heterocycles. The van der Waals surface area contributed by atoms with E-state index in [0.717, 1.165) is 31.2 Å². The van der Waals surface area contributed by atoms with Crippen molar-refractivity contribution in [2.75, 3.05) is 13.2 Å². The molecule has 4 aliphatic carbocycles. The lowest BCUT2D eigenvalue weighted by Crippen LogP contribution is -2.75. The Balaban J connectivity index is 1.40. The van der Waals surface area contributed by atoms with Gasteiger partial charge in [-0.15, -0.1) is 0 Å². The van der Waals surface area contributed by atoms with E-state index in [0.29, 0.717) is 56.5 Å². The van der Waals surface area contributed by atoms with Gasteiger partial charge in [0, 0.05) is 24.8 Å². The largest absolute Gasteiger partial charge is 0.508 e. The molecule has 0 radical (unpaired) electrons. The minimum Gasteiger partial charge on any atom is -0.508 e. The fraction of sp³-hybridized carbons (Fsp3) is 0.769. The third-order valence-electron chi connectivity index (χ3n) is 10.6. The molecule has 5 fully saturated rings. The predicted molar refractivity (Wildman–Crippen MR) is 115 cm³/mol. The van der Waals surface area contributed by atoms with Gasteiger partial charge in [-0.05, 0) is 73.3 Å². The molecule has 2 heterocycles. The summed E-state index contributed by atoms with van der Waals surface area (Å²) in [7, 11) is 0. The molecule has 0 amide bonds. The van der Waals surface area contributed by atoms with Crippen LogP contribution >= 0.6 is 0 Å². The van der Waals surface area contributed by atoms with Crippen LogP contribution < -0.4 is 4.74 Å². The Morgan fingerprint density at radius 1 is 1.03 bits per heavy atom.